The highest BCUT2D eigenvalue weighted by Crippen LogP contribution is 2.00. The van der Waals surface area contributed by atoms with Crippen molar-refractivity contribution in [3.05, 3.63) is 23.9 Å². The Morgan fingerprint density at radius 2 is 2.30 bits per heavy atom. The molecule has 0 aliphatic heterocycles. The summed E-state index contributed by atoms with van der Waals surface area (Å²) in [5, 5.41) is 0. The molecule has 0 spiro atoms. The first kappa shape index (κ1) is 9.21. The van der Waals surface area contributed by atoms with E-state index in [9.17, 15) is 4.39 Å². The number of hydrogen-bond donors (Lipinski definition) is 1. The fourth-order valence-electron chi connectivity index (χ4n) is 0.448. The lowest BCUT2D eigenvalue weighted by atomic mass is 10.2. The van der Waals surface area contributed by atoms with E-state index in [2.05, 4.69) is 0 Å². The van der Waals surface area contributed by atoms with Gasteiger partial charge in [-0.25, -0.2) is 4.39 Å². The summed E-state index contributed by atoms with van der Waals surface area (Å²) in [6.07, 6.45) is 4.34. The van der Waals surface area contributed by atoms with Crippen molar-refractivity contribution in [2.45, 2.75) is 26.4 Å². The van der Waals surface area contributed by atoms with Gasteiger partial charge in [0.15, 0.2) is 0 Å². The monoisotopic (exact) mass is 143 g/mol. The van der Waals surface area contributed by atoms with E-state index in [1.54, 1.807) is 13.0 Å². The van der Waals surface area contributed by atoms with Gasteiger partial charge in [0.05, 0.1) is 0 Å². The van der Waals surface area contributed by atoms with Crippen LogP contribution < -0.4 is 5.73 Å². The largest absolute Gasteiger partial charge is 0.404 e. The predicted molar refractivity (Wildman–Crippen MR) is 42.3 cm³/mol. The molecule has 0 radical (unpaired) electrons. The highest BCUT2D eigenvalue weighted by atomic mass is 19.1. The molecule has 0 aromatic heterocycles. The van der Waals surface area contributed by atoms with E-state index in [4.69, 9.17) is 5.73 Å². The van der Waals surface area contributed by atoms with E-state index in [0.29, 0.717) is 6.42 Å². The molecule has 0 saturated carbocycles. The molecule has 0 bridgehead atoms. The molecule has 0 aliphatic rings. The molecule has 2 heteroatoms. The molecule has 0 amide bonds. The number of rotatable bonds is 3. The summed E-state index contributed by atoms with van der Waals surface area (Å²) >= 11 is 0. The zero-order valence-corrected chi connectivity index (χ0v) is 6.47. The molecular weight excluding hydrogens is 129 g/mol. The van der Waals surface area contributed by atoms with Crippen molar-refractivity contribution in [2.75, 3.05) is 0 Å². The van der Waals surface area contributed by atoms with Crippen LogP contribution in [0.25, 0.3) is 0 Å². The molecule has 1 unspecified atom stereocenters. The van der Waals surface area contributed by atoms with Gasteiger partial charge in [0.25, 0.3) is 0 Å². The molecule has 0 saturated heterocycles. The molecule has 0 rings (SSSR count). The lowest BCUT2D eigenvalue weighted by molar-refractivity contribution is 0.390. The van der Waals surface area contributed by atoms with Gasteiger partial charge in [-0.05, 0) is 25.1 Å². The highest BCUT2D eigenvalue weighted by molar-refractivity contribution is 5.15. The molecular formula is C8H14FN. The summed E-state index contributed by atoms with van der Waals surface area (Å²) in [6.45, 7) is 3.63. The van der Waals surface area contributed by atoms with Gasteiger partial charge in [-0.1, -0.05) is 19.1 Å². The van der Waals surface area contributed by atoms with E-state index in [1.807, 2.05) is 6.92 Å². The van der Waals surface area contributed by atoms with Crippen LogP contribution in [0.5, 0.6) is 0 Å². The summed E-state index contributed by atoms with van der Waals surface area (Å²) in [7, 11) is 0. The quantitative estimate of drug-likeness (QED) is 0.602. The summed E-state index contributed by atoms with van der Waals surface area (Å²) in [6, 6.07) is 0. The van der Waals surface area contributed by atoms with Crippen LogP contribution in [-0.4, -0.2) is 6.17 Å². The zero-order valence-electron chi connectivity index (χ0n) is 6.47. The molecule has 2 N–H and O–H groups in total. The summed E-state index contributed by atoms with van der Waals surface area (Å²) in [4.78, 5) is 0. The van der Waals surface area contributed by atoms with Crippen molar-refractivity contribution in [1.29, 1.82) is 0 Å². The maximum absolute atomic E-state index is 12.5. The smallest absolute Gasteiger partial charge is 0.118 e. The van der Waals surface area contributed by atoms with E-state index in [0.717, 1.165) is 5.57 Å². The molecule has 0 fully saturated rings. The first-order valence-electron chi connectivity index (χ1n) is 3.41. The third kappa shape index (κ3) is 4.13. The molecule has 58 valence electrons. The first-order chi connectivity index (χ1) is 4.70. The molecule has 10 heavy (non-hydrogen) atoms. The van der Waals surface area contributed by atoms with Gasteiger partial charge in [0.1, 0.15) is 6.17 Å². The van der Waals surface area contributed by atoms with Crippen LogP contribution in [-0.2, 0) is 0 Å². The Bertz CT molecular complexity index is 138. The number of halogens is 1. The van der Waals surface area contributed by atoms with Crippen molar-refractivity contribution in [2.24, 2.45) is 5.73 Å². The van der Waals surface area contributed by atoms with Gasteiger partial charge < -0.3 is 5.73 Å². The van der Waals surface area contributed by atoms with Gasteiger partial charge in [0, 0.05) is 0 Å². The Hall–Kier alpha value is -0.790. The Morgan fingerprint density at radius 1 is 1.70 bits per heavy atom. The number of hydrogen-bond acceptors (Lipinski definition) is 1. The van der Waals surface area contributed by atoms with E-state index in [-0.39, 0.29) is 0 Å². The van der Waals surface area contributed by atoms with E-state index in [1.165, 1.54) is 12.3 Å². The average molecular weight is 143 g/mol. The van der Waals surface area contributed by atoms with Crippen LogP contribution in [0.15, 0.2) is 23.9 Å². The van der Waals surface area contributed by atoms with Gasteiger partial charge >= 0.3 is 0 Å². The molecule has 0 aromatic carbocycles. The lowest BCUT2D eigenvalue weighted by Gasteiger charge is -1.94. The van der Waals surface area contributed by atoms with Crippen LogP contribution in [0.3, 0.4) is 0 Å². The van der Waals surface area contributed by atoms with Crippen molar-refractivity contribution >= 4 is 0 Å². The lowest BCUT2D eigenvalue weighted by Crippen LogP contribution is -1.90. The highest BCUT2D eigenvalue weighted by Gasteiger charge is 1.93. The van der Waals surface area contributed by atoms with Crippen LogP contribution >= 0.6 is 0 Å². The van der Waals surface area contributed by atoms with Gasteiger partial charge in [-0.3, -0.25) is 0 Å². The molecule has 0 aliphatic carbocycles. The number of allylic oxidation sites excluding steroid dienone is 3. The minimum atomic E-state index is -0.838. The second-order valence-corrected chi connectivity index (χ2v) is 2.19. The maximum atomic E-state index is 12.5. The van der Waals surface area contributed by atoms with Crippen molar-refractivity contribution in [1.82, 2.24) is 0 Å². The zero-order chi connectivity index (χ0) is 7.98. The topological polar surface area (TPSA) is 26.0 Å². The predicted octanol–water partition coefficient (Wildman–Crippen LogP) is 2.15. The van der Waals surface area contributed by atoms with Crippen molar-refractivity contribution in [3.8, 4) is 0 Å². The van der Waals surface area contributed by atoms with Gasteiger partial charge in [0.2, 0.25) is 0 Å². The van der Waals surface area contributed by atoms with E-state index < -0.39 is 6.17 Å². The van der Waals surface area contributed by atoms with Gasteiger partial charge in [-0.15, -0.1) is 0 Å². The first-order valence-corrected chi connectivity index (χ1v) is 3.41. The second-order valence-electron chi connectivity index (χ2n) is 2.19. The van der Waals surface area contributed by atoms with Crippen LogP contribution in [0, 0.1) is 0 Å². The van der Waals surface area contributed by atoms with Crippen molar-refractivity contribution in [3.63, 3.8) is 0 Å². The fourth-order valence-corrected chi connectivity index (χ4v) is 0.448. The Morgan fingerprint density at radius 3 is 2.70 bits per heavy atom. The Labute approximate surface area is 61.4 Å². The average Bonchev–Trinajstić information content (AvgIpc) is 1.99. The number of alkyl halides is 1. The Kier molecular flexibility index (Phi) is 4.63. The number of nitrogens with two attached hydrogens (primary N) is 1. The minimum Gasteiger partial charge on any atom is -0.404 e. The summed E-state index contributed by atoms with van der Waals surface area (Å²) in [5.74, 6) is 0. The molecule has 1 atom stereocenters. The van der Waals surface area contributed by atoms with Gasteiger partial charge in [-0.2, -0.15) is 0 Å². The van der Waals surface area contributed by atoms with Crippen LogP contribution in [0.2, 0.25) is 0 Å². The SMILES string of the molecule is CCC(F)/C=C\C(C)=C/N. The molecule has 1 nitrogen and oxygen atoms in total. The van der Waals surface area contributed by atoms with E-state index >= 15 is 0 Å². The maximum Gasteiger partial charge on any atom is 0.118 e. The summed E-state index contributed by atoms with van der Waals surface area (Å²) in [5.41, 5.74) is 6.05. The second kappa shape index (κ2) is 5.03. The third-order valence-corrected chi connectivity index (χ3v) is 1.22. The minimum absolute atomic E-state index is 0.522. The van der Waals surface area contributed by atoms with Crippen LogP contribution in [0.4, 0.5) is 4.39 Å². The molecule has 0 heterocycles. The standard InChI is InChI=1S/C8H14FN/c1-3-8(9)5-4-7(2)6-10/h4-6,8H,3,10H2,1-2H3/b5-4-,7-6-. The summed E-state index contributed by atoms with van der Waals surface area (Å²) < 4.78 is 12.5. The third-order valence-electron chi connectivity index (χ3n) is 1.22. The van der Waals surface area contributed by atoms with Crippen LogP contribution in [0.1, 0.15) is 20.3 Å². The molecule has 0 aromatic rings. The fraction of sp³-hybridized carbons (Fsp3) is 0.500. The van der Waals surface area contributed by atoms with Crippen molar-refractivity contribution < 1.29 is 4.39 Å². The normalized spacial score (nSPS) is 16.1. The Balaban J connectivity index is 3.75.